The Morgan fingerprint density at radius 1 is 1.03 bits per heavy atom. The fraction of sp³-hybridized carbons (Fsp3) is 0.333. The summed E-state index contributed by atoms with van der Waals surface area (Å²) in [6, 6.07) is 18.3. The molecule has 0 radical (unpaired) electrons. The maximum absolute atomic E-state index is 13.4. The van der Waals surface area contributed by atoms with E-state index in [1.807, 2.05) is 35.2 Å². The maximum atomic E-state index is 13.4. The molecule has 192 valence electrons. The molecular formula is C30H32FN3O3. The summed E-state index contributed by atoms with van der Waals surface area (Å²) in [4.78, 5) is 29.7. The van der Waals surface area contributed by atoms with Crippen molar-refractivity contribution in [1.29, 1.82) is 0 Å². The van der Waals surface area contributed by atoms with Gasteiger partial charge in [-0.3, -0.25) is 14.5 Å². The van der Waals surface area contributed by atoms with Crippen molar-refractivity contribution in [1.82, 2.24) is 15.1 Å². The molecule has 3 aromatic carbocycles. The van der Waals surface area contributed by atoms with E-state index in [2.05, 4.69) is 16.3 Å². The number of halogens is 1. The van der Waals surface area contributed by atoms with Crippen LogP contribution in [-0.2, 0) is 11.3 Å². The first-order chi connectivity index (χ1) is 18.0. The highest BCUT2D eigenvalue weighted by atomic mass is 19.1. The Labute approximate surface area is 216 Å². The highest BCUT2D eigenvalue weighted by Gasteiger charge is 2.25. The number of carbonyl (C=O) groups is 2. The number of benzene rings is 3. The lowest BCUT2D eigenvalue weighted by atomic mass is 10.0. The Bertz CT molecular complexity index is 1330. The van der Waals surface area contributed by atoms with Gasteiger partial charge in [0.15, 0.2) is 0 Å². The predicted octanol–water partition coefficient (Wildman–Crippen LogP) is 4.54. The van der Waals surface area contributed by atoms with E-state index in [0.717, 1.165) is 42.4 Å². The van der Waals surface area contributed by atoms with Crippen molar-refractivity contribution in [2.75, 3.05) is 33.3 Å². The molecule has 2 aliphatic heterocycles. The van der Waals surface area contributed by atoms with Crippen LogP contribution in [0, 0.1) is 5.82 Å². The monoisotopic (exact) mass is 501 g/mol. The van der Waals surface area contributed by atoms with Gasteiger partial charge < -0.3 is 15.0 Å². The number of carbonyl (C=O) groups excluding carboxylic acids is 2. The third-order valence-electron chi connectivity index (χ3n) is 7.24. The van der Waals surface area contributed by atoms with Gasteiger partial charge in [-0.1, -0.05) is 29.8 Å². The SMILES string of the molecule is COc1cccc(C(=O)N2CCC(=CC(=O)N[C@@H]3CCN(Cc4ccc5cc(F)ccc5c4)C3)CC2)c1. The molecule has 0 unspecified atom stereocenters. The smallest absolute Gasteiger partial charge is 0.254 e. The quantitative estimate of drug-likeness (QED) is 0.504. The van der Waals surface area contributed by atoms with E-state index in [0.29, 0.717) is 37.2 Å². The number of fused-ring (bicyclic) bond motifs is 1. The van der Waals surface area contributed by atoms with E-state index in [9.17, 15) is 14.0 Å². The molecule has 2 aliphatic rings. The lowest BCUT2D eigenvalue weighted by Crippen LogP contribution is -2.38. The van der Waals surface area contributed by atoms with Gasteiger partial charge in [0.05, 0.1) is 7.11 Å². The Hall–Kier alpha value is -3.71. The molecule has 5 rings (SSSR count). The number of nitrogens with one attached hydrogen (secondary N) is 1. The lowest BCUT2D eigenvalue weighted by Gasteiger charge is -2.28. The molecule has 6 nitrogen and oxygen atoms in total. The third kappa shape index (κ3) is 6.17. The Morgan fingerprint density at radius 2 is 1.81 bits per heavy atom. The van der Waals surface area contributed by atoms with Crippen LogP contribution in [-0.4, -0.2) is 60.9 Å². The van der Waals surface area contributed by atoms with E-state index in [4.69, 9.17) is 4.74 Å². The van der Waals surface area contributed by atoms with Crippen LogP contribution in [0.3, 0.4) is 0 Å². The molecule has 0 saturated carbocycles. The number of hydrogen-bond acceptors (Lipinski definition) is 4. The summed E-state index contributed by atoms with van der Waals surface area (Å²) in [7, 11) is 1.59. The molecule has 2 amide bonds. The number of rotatable bonds is 6. The highest BCUT2D eigenvalue weighted by molar-refractivity contribution is 5.95. The van der Waals surface area contributed by atoms with Gasteiger partial charge in [-0.25, -0.2) is 4.39 Å². The fourth-order valence-corrected chi connectivity index (χ4v) is 5.22. The Morgan fingerprint density at radius 3 is 2.62 bits per heavy atom. The number of hydrogen-bond donors (Lipinski definition) is 1. The Kier molecular flexibility index (Phi) is 7.51. The van der Waals surface area contributed by atoms with Crippen LogP contribution >= 0.6 is 0 Å². The summed E-state index contributed by atoms with van der Waals surface area (Å²) in [5.41, 5.74) is 2.88. The van der Waals surface area contributed by atoms with E-state index >= 15 is 0 Å². The number of ether oxygens (including phenoxy) is 1. The van der Waals surface area contributed by atoms with Crippen molar-refractivity contribution in [2.24, 2.45) is 0 Å². The molecule has 0 spiro atoms. The summed E-state index contributed by atoms with van der Waals surface area (Å²) >= 11 is 0. The van der Waals surface area contributed by atoms with E-state index in [1.54, 1.807) is 31.4 Å². The van der Waals surface area contributed by atoms with Gasteiger partial charge in [-0.2, -0.15) is 0 Å². The zero-order valence-electron chi connectivity index (χ0n) is 21.1. The van der Waals surface area contributed by atoms with Gasteiger partial charge >= 0.3 is 0 Å². The molecule has 0 aromatic heterocycles. The maximum Gasteiger partial charge on any atom is 0.254 e. The summed E-state index contributed by atoms with van der Waals surface area (Å²) < 4.78 is 18.7. The molecule has 1 atom stereocenters. The molecule has 2 saturated heterocycles. The molecule has 0 aliphatic carbocycles. The van der Waals surface area contributed by atoms with E-state index in [-0.39, 0.29) is 23.7 Å². The zero-order chi connectivity index (χ0) is 25.8. The van der Waals surface area contributed by atoms with Crippen molar-refractivity contribution in [3.63, 3.8) is 0 Å². The van der Waals surface area contributed by atoms with Crippen LogP contribution in [0.4, 0.5) is 4.39 Å². The molecule has 1 N–H and O–H groups in total. The summed E-state index contributed by atoms with van der Waals surface area (Å²) in [6.45, 7) is 3.73. The van der Waals surface area contributed by atoms with Gasteiger partial charge in [-0.15, -0.1) is 0 Å². The van der Waals surface area contributed by atoms with E-state index < -0.39 is 0 Å². The third-order valence-corrected chi connectivity index (χ3v) is 7.24. The topological polar surface area (TPSA) is 61.9 Å². The van der Waals surface area contributed by atoms with Crippen LogP contribution in [0.15, 0.2) is 72.3 Å². The largest absolute Gasteiger partial charge is 0.497 e. The van der Waals surface area contributed by atoms with Crippen LogP contribution in [0.5, 0.6) is 5.75 Å². The number of likely N-dealkylation sites (tertiary alicyclic amines) is 2. The number of nitrogens with zero attached hydrogens (tertiary/aromatic N) is 2. The minimum atomic E-state index is -0.222. The summed E-state index contributed by atoms with van der Waals surface area (Å²) in [5, 5.41) is 5.09. The molecule has 2 heterocycles. The molecule has 7 heteroatoms. The summed E-state index contributed by atoms with van der Waals surface area (Å²) in [6.07, 6.45) is 4.03. The van der Waals surface area contributed by atoms with Crippen LogP contribution < -0.4 is 10.1 Å². The lowest BCUT2D eigenvalue weighted by molar-refractivity contribution is -0.117. The first-order valence-electron chi connectivity index (χ1n) is 12.8. The first-order valence-corrected chi connectivity index (χ1v) is 12.8. The van der Waals surface area contributed by atoms with Crippen molar-refractivity contribution in [3.8, 4) is 5.75 Å². The zero-order valence-corrected chi connectivity index (χ0v) is 21.1. The average molecular weight is 502 g/mol. The molecule has 2 fully saturated rings. The second-order valence-electron chi connectivity index (χ2n) is 9.88. The van der Waals surface area contributed by atoms with Gasteiger partial charge in [0, 0.05) is 50.4 Å². The predicted molar refractivity (Wildman–Crippen MR) is 142 cm³/mol. The van der Waals surface area contributed by atoms with Crippen LogP contribution in [0.1, 0.15) is 35.2 Å². The second-order valence-corrected chi connectivity index (χ2v) is 9.88. The molecule has 37 heavy (non-hydrogen) atoms. The normalized spacial score (nSPS) is 18.2. The average Bonchev–Trinajstić information content (AvgIpc) is 3.35. The van der Waals surface area contributed by atoms with Gasteiger partial charge in [0.1, 0.15) is 11.6 Å². The van der Waals surface area contributed by atoms with Crippen LogP contribution in [0.25, 0.3) is 10.8 Å². The first kappa shape index (κ1) is 25.0. The van der Waals surface area contributed by atoms with Crippen molar-refractivity contribution in [3.05, 3.63) is 89.3 Å². The standard InChI is InChI=1S/C30H32FN3O3/c1-37-28-4-2-3-25(18-28)30(36)34-13-9-21(10-14-34)16-29(35)32-27-11-12-33(20-27)19-22-5-6-24-17-26(31)8-7-23(24)15-22/h2-8,15-18,27H,9-14,19-20H2,1H3,(H,32,35)/t27-/m1/s1. The molecule has 0 bridgehead atoms. The van der Waals surface area contributed by atoms with Crippen molar-refractivity contribution < 1.29 is 18.7 Å². The van der Waals surface area contributed by atoms with Crippen molar-refractivity contribution >= 4 is 22.6 Å². The minimum absolute atomic E-state index is 0.00738. The summed E-state index contributed by atoms with van der Waals surface area (Å²) in [5.74, 6) is 0.384. The fourth-order valence-electron chi connectivity index (χ4n) is 5.22. The highest BCUT2D eigenvalue weighted by Crippen LogP contribution is 2.22. The van der Waals surface area contributed by atoms with Crippen molar-refractivity contribution in [2.45, 2.75) is 31.8 Å². The molecule has 3 aromatic rings. The van der Waals surface area contributed by atoms with Crippen LogP contribution in [0.2, 0.25) is 0 Å². The minimum Gasteiger partial charge on any atom is -0.497 e. The van der Waals surface area contributed by atoms with Gasteiger partial charge in [0.25, 0.3) is 5.91 Å². The molecular weight excluding hydrogens is 469 g/mol. The van der Waals surface area contributed by atoms with Gasteiger partial charge in [-0.05, 0) is 72.0 Å². The van der Waals surface area contributed by atoms with E-state index in [1.165, 1.54) is 11.6 Å². The number of piperidine rings is 1. The van der Waals surface area contributed by atoms with Gasteiger partial charge in [0.2, 0.25) is 5.91 Å². The Balaban J connectivity index is 1.09. The number of methoxy groups -OCH3 is 1. The number of amides is 2. The second kappa shape index (κ2) is 11.1.